The van der Waals surface area contributed by atoms with Gasteiger partial charge >= 0.3 is 6.18 Å². The van der Waals surface area contributed by atoms with Crippen LogP contribution in [0.2, 0.25) is 5.02 Å². The molecule has 2 aliphatic heterocycles. The Balaban J connectivity index is 1.63. The van der Waals surface area contributed by atoms with Crippen molar-refractivity contribution in [2.75, 3.05) is 26.7 Å². The van der Waals surface area contributed by atoms with Gasteiger partial charge in [-0.3, -0.25) is 9.59 Å². The van der Waals surface area contributed by atoms with E-state index in [1.165, 1.54) is 36.4 Å². The zero-order chi connectivity index (χ0) is 25.4. The van der Waals surface area contributed by atoms with Crippen LogP contribution < -0.4 is 5.32 Å². The second-order valence-corrected chi connectivity index (χ2v) is 9.51. The van der Waals surface area contributed by atoms with Gasteiger partial charge in [0.25, 0.3) is 11.5 Å². The summed E-state index contributed by atoms with van der Waals surface area (Å²) in [4.78, 5) is 26.9. The van der Waals surface area contributed by atoms with Gasteiger partial charge in [0.1, 0.15) is 5.82 Å². The predicted octanol–water partition coefficient (Wildman–Crippen LogP) is 4.80. The van der Waals surface area contributed by atoms with Crippen molar-refractivity contribution in [2.24, 2.45) is 5.41 Å². The van der Waals surface area contributed by atoms with E-state index in [1.807, 2.05) is 0 Å². The molecule has 1 N–H and O–H groups in total. The summed E-state index contributed by atoms with van der Waals surface area (Å²) in [7, 11) is 0.877. The summed E-state index contributed by atoms with van der Waals surface area (Å²) in [6.07, 6.45) is -4.28. The van der Waals surface area contributed by atoms with Gasteiger partial charge in [-0.15, -0.1) is 0 Å². The minimum absolute atomic E-state index is 0.00938. The average Bonchev–Trinajstić information content (AvgIpc) is 2.81. The molecule has 2 aliphatic rings. The fraction of sp³-hybridized carbons (Fsp3) is 0.440. The lowest BCUT2D eigenvalue weighted by Crippen LogP contribution is -2.60. The van der Waals surface area contributed by atoms with Gasteiger partial charge in [-0.05, 0) is 36.0 Å². The van der Waals surface area contributed by atoms with Crippen molar-refractivity contribution in [3.8, 4) is 0 Å². The summed E-state index contributed by atoms with van der Waals surface area (Å²) in [5, 5.41) is 3.04. The zero-order valence-electron chi connectivity index (χ0n) is 19.0. The van der Waals surface area contributed by atoms with Crippen LogP contribution in [-0.4, -0.2) is 49.6 Å². The van der Waals surface area contributed by atoms with Gasteiger partial charge in [-0.1, -0.05) is 48.0 Å². The molecule has 0 radical (unpaired) electrons. The van der Waals surface area contributed by atoms with Crippen LogP contribution in [0.5, 0.6) is 0 Å². The van der Waals surface area contributed by atoms with E-state index >= 15 is 0 Å². The number of piperidine rings is 2. The van der Waals surface area contributed by atoms with Gasteiger partial charge in [0.2, 0.25) is 5.91 Å². The summed E-state index contributed by atoms with van der Waals surface area (Å²) < 4.78 is 61.6. The monoisotopic (exact) mass is 512 g/mol. The maximum Gasteiger partial charge on any atom is 0.430 e. The number of nitrogens with zero attached hydrogens (tertiary/aromatic N) is 1. The van der Waals surface area contributed by atoms with Gasteiger partial charge in [0.15, 0.2) is 0 Å². The van der Waals surface area contributed by atoms with Crippen LogP contribution >= 0.6 is 11.6 Å². The topological polar surface area (TPSA) is 58.6 Å². The Hall–Kier alpha value is -2.65. The summed E-state index contributed by atoms with van der Waals surface area (Å²) >= 11 is 6.32. The highest BCUT2D eigenvalue weighted by molar-refractivity contribution is 6.31. The summed E-state index contributed by atoms with van der Waals surface area (Å²) in [6.45, 7) is 0.289. The quantitative estimate of drug-likeness (QED) is 0.599. The summed E-state index contributed by atoms with van der Waals surface area (Å²) in [5.74, 6) is -2.12. The second-order valence-electron chi connectivity index (χ2n) is 9.10. The number of likely N-dealkylation sites (tertiary alicyclic amines) is 1. The molecular weight excluding hydrogens is 488 g/mol. The molecule has 0 aliphatic carbocycles. The number of methoxy groups -OCH3 is 1. The van der Waals surface area contributed by atoms with Crippen LogP contribution in [0, 0.1) is 11.2 Å². The molecule has 5 nitrogen and oxygen atoms in total. The third kappa shape index (κ3) is 4.40. The molecule has 35 heavy (non-hydrogen) atoms. The van der Waals surface area contributed by atoms with Crippen LogP contribution in [0.15, 0.2) is 48.5 Å². The van der Waals surface area contributed by atoms with Gasteiger partial charge in [-0.2, -0.15) is 13.2 Å². The molecule has 188 valence electrons. The third-order valence-electron chi connectivity index (χ3n) is 7.33. The van der Waals surface area contributed by atoms with Crippen molar-refractivity contribution in [1.82, 2.24) is 10.2 Å². The molecule has 2 atom stereocenters. The van der Waals surface area contributed by atoms with Gasteiger partial charge in [-0.25, -0.2) is 4.39 Å². The Labute approximate surface area is 205 Å². The van der Waals surface area contributed by atoms with Gasteiger partial charge in [0, 0.05) is 49.7 Å². The first-order valence-corrected chi connectivity index (χ1v) is 11.6. The highest BCUT2D eigenvalue weighted by Crippen LogP contribution is 2.51. The highest BCUT2D eigenvalue weighted by atomic mass is 35.5. The Kier molecular flexibility index (Phi) is 6.85. The smallest absolute Gasteiger partial charge is 0.356 e. The van der Waals surface area contributed by atoms with Crippen LogP contribution in [0.3, 0.4) is 0 Å². The van der Waals surface area contributed by atoms with E-state index in [0.717, 1.165) is 12.0 Å². The number of benzene rings is 2. The number of alkyl halides is 3. The first kappa shape index (κ1) is 25.4. The van der Waals surface area contributed by atoms with Crippen molar-refractivity contribution < 1.29 is 31.9 Å². The number of hydrogen-bond acceptors (Lipinski definition) is 3. The van der Waals surface area contributed by atoms with E-state index in [1.54, 1.807) is 12.1 Å². The molecule has 2 fully saturated rings. The Morgan fingerprint density at radius 1 is 1.14 bits per heavy atom. The average molecular weight is 513 g/mol. The van der Waals surface area contributed by atoms with Crippen molar-refractivity contribution in [3.05, 3.63) is 70.5 Å². The number of carbonyl (C=O) groups is 2. The SMILES string of the molecule is CO[C@@](C(=O)N1CCC2(CC1)CC(=O)NC[C@H]2c1ccc(F)cc1Cl)(c1ccccc1)C(F)(F)F. The van der Waals surface area contributed by atoms with E-state index in [0.29, 0.717) is 5.56 Å². The number of ether oxygens (including phenoxy) is 1. The lowest BCUT2D eigenvalue weighted by molar-refractivity contribution is -0.271. The third-order valence-corrected chi connectivity index (χ3v) is 7.65. The molecule has 2 aromatic rings. The van der Waals surface area contributed by atoms with Crippen LogP contribution in [0.25, 0.3) is 0 Å². The van der Waals surface area contributed by atoms with E-state index in [4.69, 9.17) is 16.3 Å². The Morgan fingerprint density at radius 2 is 1.80 bits per heavy atom. The standard InChI is InChI=1S/C25H25ClF4N2O3/c1-35-24(25(28,29)30,16-5-3-2-4-6-16)22(34)32-11-9-23(10-12-32)14-21(33)31-15-19(23)18-8-7-17(27)13-20(18)26/h2-8,13,19H,9-12,14-15H2,1H3,(H,31,33)/t19-,24+/m0/s1. The first-order chi connectivity index (χ1) is 16.5. The van der Waals surface area contributed by atoms with Crippen LogP contribution in [0.4, 0.5) is 17.6 Å². The molecule has 1 spiro atoms. The minimum atomic E-state index is -5.00. The maximum absolute atomic E-state index is 14.4. The van der Waals surface area contributed by atoms with Crippen molar-refractivity contribution >= 4 is 23.4 Å². The second kappa shape index (κ2) is 9.43. The number of amides is 2. The van der Waals surface area contributed by atoms with Gasteiger partial charge in [0.05, 0.1) is 0 Å². The highest BCUT2D eigenvalue weighted by Gasteiger charge is 2.64. The Bertz CT molecular complexity index is 1100. The number of hydrogen-bond donors (Lipinski definition) is 1. The number of halogens is 5. The molecule has 2 amide bonds. The molecule has 10 heteroatoms. The Morgan fingerprint density at radius 3 is 2.37 bits per heavy atom. The number of nitrogens with one attached hydrogen (secondary N) is 1. The van der Waals surface area contributed by atoms with Gasteiger partial charge < -0.3 is 15.0 Å². The number of rotatable bonds is 4. The van der Waals surface area contributed by atoms with Crippen molar-refractivity contribution in [3.63, 3.8) is 0 Å². The normalized spacial score (nSPS) is 21.9. The van der Waals surface area contributed by atoms with Crippen molar-refractivity contribution in [2.45, 2.75) is 37.0 Å². The van der Waals surface area contributed by atoms with E-state index in [9.17, 15) is 27.2 Å². The largest absolute Gasteiger partial charge is 0.430 e. The lowest BCUT2D eigenvalue weighted by atomic mass is 9.62. The van der Waals surface area contributed by atoms with E-state index in [2.05, 4.69) is 5.32 Å². The van der Waals surface area contributed by atoms with Crippen LogP contribution in [0.1, 0.15) is 36.3 Å². The summed E-state index contributed by atoms with van der Waals surface area (Å²) in [5.41, 5.74) is -3.39. The number of carbonyl (C=O) groups excluding carboxylic acids is 2. The van der Waals surface area contributed by atoms with Crippen molar-refractivity contribution in [1.29, 1.82) is 0 Å². The molecule has 0 saturated carbocycles. The fourth-order valence-electron chi connectivity index (χ4n) is 5.47. The molecule has 2 aromatic carbocycles. The van der Waals surface area contributed by atoms with Crippen LogP contribution in [-0.2, 0) is 19.9 Å². The molecule has 0 bridgehead atoms. The lowest BCUT2D eigenvalue weighted by Gasteiger charge is -2.50. The fourth-order valence-corrected chi connectivity index (χ4v) is 5.77. The summed E-state index contributed by atoms with van der Waals surface area (Å²) in [6, 6.07) is 10.9. The zero-order valence-corrected chi connectivity index (χ0v) is 19.8. The molecule has 4 rings (SSSR count). The minimum Gasteiger partial charge on any atom is -0.356 e. The first-order valence-electron chi connectivity index (χ1n) is 11.2. The molecule has 2 heterocycles. The van der Waals surface area contributed by atoms with E-state index < -0.39 is 28.9 Å². The molecule has 0 aromatic heterocycles. The predicted molar refractivity (Wildman–Crippen MR) is 121 cm³/mol. The molecule has 0 unspecified atom stereocenters. The molecular formula is C25H25ClF4N2O3. The maximum atomic E-state index is 14.4. The van der Waals surface area contributed by atoms with E-state index in [-0.39, 0.29) is 61.3 Å². The molecule has 2 saturated heterocycles.